The first-order valence-corrected chi connectivity index (χ1v) is 10.1. The lowest BCUT2D eigenvalue weighted by molar-refractivity contribution is -0.0390. The van der Waals surface area contributed by atoms with Crippen LogP contribution in [0.25, 0.3) is 0 Å². The molecule has 2 N–H and O–H groups in total. The van der Waals surface area contributed by atoms with Gasteiger partial charge in [-0.15, -0.1) is 0 Å². The van der Waals surface area contributed by atoms with Crippen molar-refractivity contribution in [3.63, 3.8) is 0 Å². The van der Waals surface area contributed by atoms with E-state index in [2.05, 4.69) is 14.9 Å². The van der Waals surface area contributed by atoms with Gasteiger partial charge in [-0.25, -0.2) is 13.1 Å². The number of amides is 1. The van der Waals surface area contributed by atoms with E-state index >= 15 is 0 Å². The van der Waals surface area contributed by atoms with E-state index in [1.165, 1.54) is 32.4 Å². The number of carbonyl (C=O) groups is 1. The molecule has 26 heavy (non-hydrogen) atoms. The average molecular weight is 383 g/mol. The van der Waals surface area contributed by atoms with Crippen molar-refractivity contribution in [1.29, 1.82) is 0 Å². The third-order valence-corrected chi connectivity index (χ3v) is 6.39. The van der Waals surface area contributed by atoms with Crippen molar-refractivity contribution in [2.45, 2.75) is 36.4 Å². The maximum Gasteiger partial charge on any atom is 0.254 e. The van der Waals surface area contributed by atoms with Gasteiger partial charge in [-0.05, 0) is 31.5 Å². The number of nitrogens with zero attached hydrogens (tertiary/aromatic N) is 1. The van der Waals surface area contributed by atoms with Gasteiger partial charge in [0.1, 0.15) is 5.75 Å². The minimum atomic E-state index is -3.74. The van der Waals surface area contributed by atoms with Gasteiger partial charge in [0.25, 0.3) is 5.91 Å². The SMILES string of the molecule is CNC(=O)c1cc(S(=O)(=O)N[C@H]2C[C@H]3CO[C@H](C)CN3C2)ccc1OC. The number of morpholine rings is 1. The molecule has 0 saturated carbocycles. The number of hydrogen-bond donors (Lipinski definition) is 2. The van der Waals surface area contributed by atoms with Crippen LogP contribution in [0, 0.1) is 0 Å². The third kappa shape index (κ3) is 3.85. The maximum atomic E-state index is 12.8. The molecule has 1 amide bonds. The highest BCUT2D eigenvalue weighted by atomic mass is 32.2. The van der Waals surface area contributed by atoms with Crippen LogP contribution in [-0.2, 0) is 14.8 Å². The topological polar surface area (TPSA) is 97.0 Å². The van der Waals surface area contributed by atoms with Crippen LogP contribution in [0.5, 0.6) is 5.75 Å². The van der Waals surface area contributed by atoms with Gasteiger partial charge in [-0.3, -0.25) is 9.69 Å². The second-order valence-corrected chi connectivity index (χ2v) is 8.46. The highest BCUT2D eigenvalue weighted by Crippen LogP contribution is 2.26. The number of nitrogens with one attached hydrogen (secondary N) is 2. The van der Waals surface area contributed by atoms with Crippen molar-refractivity contribution < 1.29 is 22.7 Å². The highest BCUT2D eigenvalue weighted by Gasteiger charge is 2.38. The average Bonchev–Trinajstić information content (AvgIpc) is 3.00. The summed E-state index contributed by atoms with van der Waals surface area (Å²) in [6.07, 6.45) is 0.878. The summed E-state index contributed by atoms with van der Waals surface area (Å²) in [5.41, 5.74) is 0.184. The molecule has 2 aliphatic heterocycles. The summed E-state index contributed by atoms with van der Waals surface area (Å²) < 4.78 is 39.1. The Hall–Kier alpha value is -1.68. The lowest BCUT2D eigenvalue weighted by Gasteiger charge is -2.33. The summed E-state index contributed by atoms with van der Waals surface area (Å²) in [5.74, 6) is -0.0736. The molecule has 2 fully saturated rings. The molecule has 3 rings (SSSR count). The Morgan fingerprint density at radius 2 is 2.12 bits per heavy atom. The zero-order valence-electron chi connectivity index (χ0n) is 15.2. The smallest absolute Gasteiger partial charge is 0.254 e. The molecular weight excluding hydrogens is 358 g/mol. The van der Waals surface area contributed by atoms with E-state index in [-0.39, 0.29) is 28.6 Å². The Bertz CT molecular complexity index is 783. The fourth-order valence-electron chi connectivity index (χ4n) is 3.58. The predicted octanol–water partition coefficient (Wildman–Crippen LogP) is 0.195. The fourth-order valence-corrected chi connectivity index (χ4v) is 4.84. The van der Waals surface area contributed by atoms with Crippen molar-refractivity contribution in [2.24, 2.45) is 0 Å². The van der Waals surface area contributed by atoms with Gasteiger partial charge in [-0.2, -0.15) is 0 Å². The zero-order chi connectivity index (χ0) is 18.9. The first kappa shape index (κ1) is 19.1. The first-order valence-electron chi connectivity index (χ1n) is 8.62. The maximum absolute atomic E-state index is 12.8. The van der Waals surface area contributed by atoms with E-state index in [1.54, 1.807) is 0 Å². The normalized spacial score (nSPS) is 26.3. The fraction of sp³-hybridized carbons (Fsp3) is 0.588. The Morgan fingerprint density at radius 3 is 2.81 bits per heavy atom. The minimum absolute atomic E-state index is 0.0476. The number of fused-ring (bicyclic) bond motifs is 1. The molecule has 0 aromatic heterocycles. The van der Waals surface area contributed by atoms with Crippen molar-refractivity contribution in [2.75, 3.05) is 33.9 Å². The Labute approximate surface area is 153 Å². The molecule has 0 bridgehead atoms. The summed E-state index contributed by atoms with van der Waals surface area (Å²) in [7, 11) is -0.821. The zero-order valence-corrected chi connectivity index (χ0v) is 16.0. The van der Waals surface area contributed by atoms with Crippen LogP contribution in [0.2, 0.25) is 0 Å². The molecule has 3 atom stereocenters. The van der Waals surface area contributed by atoms with Gasteiger partial charge in [-0.1, -0.05) is 0 Å². The molecule has 0 radical (unpaired) electrons. The number of sulfonamides is 1. The standard InChI is InChI=1S/C17H25N3O5S/c1-11-8-20-9-12(6-13(20)10-25-11)19-26(22,23)14-4-5-16(24-3)15(7-14)17(21)18-2/h4-5,7,11-13,19H,6,8-10H2,1-3H3,(H,18,21)/t11-,12+,13+/m1/s1. The van der Waals surface area contributed by atoms with Crippen LogP contribution in [0.1, 0.15) is 23.7 Å². The van der Waals surface area contributed by atoms with Crippen LogP contribution in [-0.4, -0.2) is 71.3 Å². The van der Waals surface area contributed by atoms with Crippen molar-refractivity contribution in [3.05, 3.63) is 23.8 Å². The van der Waals surface area contributed by atoms with Gasteiger partial charge in [0, 0.05) is 32.2 Å². The Morgan fingerprint density at radius 1 is 1.35 bits per heavy atom. The molecule has 0 unspecified atom stereocenters. The molecule has 8 nitrogen and oxygen atoms in total. The van der Waals surface area contributed by atoms with Crippen LogP contribution in [0.3, 0.4) is 0 Å². The summed E-state index contributed by atoms with van der Waals surface area (Å²) in [6.45, 7) is 4.12. The Kier molecular flexibility index (Phi) is 5.52. The summed E-state index contributed by atoms with van der Waals surface area (Å²) in [5, 5.41) is 2.49. The van der Waals surface area contributed by atoms with Crippen LogP contribution in [0.15, 0.2) is 23.1 Å². The molecule has 0 spiro atoms. The summed E-state index contributed by atoms with van der Waals surface area (Å²) in [4.78, 5) is 14.3. The van der Waals surface area contributed by atoms with Crippen LogP contribution < -0.4 is 14.8 Å². The number of hydrogen-bond acceptors (Lipinski definition) is 6. The molecule has 2 heterocycles. The quantitative estimate of drug-likeness (QED) is 0.754. The van der Waals surface area contributed by atoms with Gasteiger partial charge in [0.2, 0.25) is 10.0 Å². The summed E-state index contributed by atoms with van der Waals surface area (Å²) in [6, 6.07) is 4.35. The van der Waals surface area contributed by atoms with Gasteiger partial charge >= 0.3 is 0 Å². The molecule has 1 aromatic rings. The second-order valence-electron chi connectivity index (χ2n) is 6.75. The lowest BCUT2D eigenvalue weighted by atomic mass is 10.1. The van der Waals surface area contributed by atoms with Crippen molar-refractivity contribution >= 4 is 15.9 Å². The van der Waals surface area contributed by atoms with E-state index in [0.29, 0.717) is 25.3 Å². The molecule has 144 valence electrons. The molecule has 2 aliphatic rings. The predicted molar refractivity (Wildman–Crippen MR) is 95.9 cm³/mol. The van der Waals surface area contributed by atoms with E-state index < -0.39 is 15.9 Å². The van der Waals surface area contributed by atoms with Gasteiger partial charge in [0.05, 0.1) is 30.3 Å². The number of methoxy groups -OCH3 is 1. The minimum Gasteiger partial charge on any atom is -0.496 e. The second kappa shape index (κ2) is 7.51. The van der Waals surface area contributed by atoms with E-state index in [1.807, 2.05) is 6.92 Å². The number of benzene rings is 1. The van der Waals surface area contributed by atoms with Crippen LogP contribution in [0.4, 0.5) is 0 Å². The highest BCUT2D eigenvalue weighted by molar-refractivity contribution is 7.89. The molecule has 2 saturated heterocycles. The monoisotopic (exact) mass is 383 g/mol. The summed E-state index contributed by atoms with van der Waals surface area (Å²) >= 11 is 0. The van der Waals surface area contributed by atoms with Gasteiger partial charge in [0.15, 0.2) is 0 Å². The molecule has 1 aromatic carbocycles. The van der Waals surface area contributed by atoms with Crippen molar-refractivity contribution in [3.8, 4) is 5.75 Å². The molecule has 0 aliphatic carbocycles. The number of carbonyl (C=O) groups excluding carboxylic acids is 1. The number of ether oxygens (including phenoxy) is 2. The molecular formula is C17H25N3O5S. The first-order chi connectivity index (χ1) is 12.3. The number of rotatable bonds is 5. The van der Waals surface area contributed by atoms with E-state index in [0.717, 1.165) is 6.54 Å². The van der Waals surface area contributed by atoms with E-state index in [9.17, 15) is 13.2 Å². The van der Waals surface area contributed by atoms with E-state index in [4.69, 9.17) is 9.47 Å². The largest absolute Gasteiger partial charge is 0.496 e. The lowest BCUT2D eigenvalue weighted by Crippen LogP contribution is -2.45. The van der Waals surface area contributed by atoms with Gasteiger partial charge < -0.3 is 14.8 Å². The van der Waals surface area contributed by atoms with Crippen LogP contribution >= 0.6 is 0 Å². The Balaban J connectivity index is 1.77. The molecule has 9 heteroatoms. The van der Waals surface area contributed by atoms with Crippen molar-refractivity contribution in [1.82, 2.24) is 14.9 Å². The third-order valence-electron chi connectivity index (χ3n) is 4.87.